The molecule has 2 aromatic carbocycles. The molecule has 8 heteroatoms. The van der Waals surface area contributed by atoms with E-state index in [0.717, 1.165) is 23.6 Å². The molecule has 3 heterocycles. The SMILES string of the molecule is C=CCCCCOC(=O)[C@@H]1[C@@H]2CCC3(O2)C(C(=O)N(CC=C)c2ccc4ccccc4c2)N(CCO)C(=O)[C@H]13. The molecule has 0 aromatic heterocycles. The standard InChI is InChI=1S/C31H36N2O6/c1-3-5-6-9-19-38-30(37)25-24-14-15-31(39-24)26(25)28(35)33(17-18-34)27(31)29(36)32(16-4-2)23-13-12-21-10-7-8-11-22(21)20-23/h3-4,7-8,10-13,20,24-27,34H,1-2,5-6,9,14-19H2/t24-,25+,26-,27?,31?/m0/s1. The number of likely N-dealkylation sites (tertiary alicyclic amines) is 1. The number of ether oxygens (including phenoxy) is 2. The van der Waals surface area contributed by atoms with Crippen molar-refractivity contribution in [1.82, 2.24) is 4.90 Å². The first-order valence-electron chi connectivity index (χ1n) is 13.7. The Labute approximate surface area is 228 Å². The second kappa shape index (κ2) is 11.3. The molecule has 1 N–H and O–H groups in total. The van der Waals surface area contributed by atoms with E-state index in [1.165, 1.54) is 4.90 Å². The summed E-state index contributed by atoms with van der Waals surface area (Å²) in [6.45, 7) is 7.72. The minimum atomic E-state index is -1.14. The average molecular weight is 533 g/mol. The fourth-order valence-corrected chi connectivity index (χ4v) is 6.65. The normalized spacial score (nSPS) is 27.0. The lowest BCUT2D eigenvalue weighted by atomic mass is 9.70. The highest BCUT2D eigenvalue weighted by Crippen LogP contribution is 2.58. The Balaban J connectivity index is 1.46. The van der Waals surface area contributed by atoms with E-state index in [2.05, 4.69) is 13.2 Å². The van der Waals surface area contributed by atoms with E-state index in [0.29, 0.717) is 24.9 Å². The summed E-state index contributed by atoms with van der Waals surface area (Å²) in [5.74, 6) is -2.69. The molecule has 3 fully saturated rings. The third-order valence-corrected chi connectivity index (χ3v) is 8.32. The number of nitrogens with zero attached hydrogens (tertiary/aromatic N) is 2. The van der Waals surface area contributed by atoms with Gasteiger partial charge in [0.15, 0.2) is 0 Å². The highest BCUT2D eigenvalue weighted by atomic mass is 16.6. The number of allylic oxidation sites excluding steroid dienone is 1. The van der Waals surface area contributed by atoms with Gasteiger partial charge in [-0.3, -0.25) is 14.4 Å². The third kappa shape index (κ3) is 4.66. The van der Waals surface area contributed by atoms with Crippen LogP contribution in [0.25, 0.3) is 10.8 Å². The number of carbonyl (C=O) groups is 3. The zero-order valence-corrected chi connectivity index (χ0v) is 22.2. The van der Waals surface area contributed by atoms with Crippen LogP contribution in [0.5, 0.6) is 0 Å². The van der Waals surface area contributed by atoms with Crippen LogP contribution in [-0.4, -0.2) is 71.8 Å². The second-order valence-electron chi connectivity index (χ2n) is 10.5. The van der Waals surface area contributed by atoms with Gasteiger partial charge in [-0.15, -0.1) is 13.2 Å². The Morgan fingerprint density at radius 3 is 2.69 bits per heavy atom. The minimum Gasteiger partial charge on any atom is -0.465 e. The van der Waals surface area contributed by atoms with Crippen LogP contribution in [-0.2, 0) is 23.9 Å². The monoisotopic (exact) mass is 532 g/mol. The molecule has 206 valence electrons. The molecule has 2 aromatic rings. The first kappa shape index (κ1) is 27.1. The van der Waals surface area contributed by atoms with Crippen molar-refractivity contribution in [2.24, 2.45) is 11.8 Å². The molecule has 0 radical (unpaired) electrons. The van der Waals surface area contributed by atoms with Gasteiger partial charge in [0.25, 0.3) is 5.91 Å². The number of aliphatic hydroxyl groups is 1. The van der Waals surface area contributed by atoms with Crippen molar-refractivity contribution in [3.63, 3.8) is 0 Å². The number of esters is 1. The average Bonchev–Trinajstić information content (AvgIpc) is 3.59. The number of benzene rings is 2. The van der Waals surface area contributed by atoms with Crippen LogP contribution in [0.1, 0.15) is 32.1 Å². The Hall–Kier alpha value is -3.49. The predicted octanol–water partition coefficient (Wildman–Crippen LogP) is 3.63. The molecule has 2 unspecified atom stereocenters. The van der Waals surface area contributed by atoms with Crippen LogP contribution in [0.2, 0.25) is 0 Å². The van der Waals surface area contributed by atoms with Gasteiger partial charge in [0.2, 0.25) is 5.91 Å². The van der Waals surface area contributed by atoms with E-state index in [4.69, 9.17) is 9.47 Å². The fourth-order valence-electron chi connectivity index (χ4n) is 6.65. The van der Waals surface area contributed by atoms with Crippen LogP contribution >= 0.6 is 0 Å². The van der Waals surface area contributed by atoms with Gasteiger partial charge in [-0.05, 0) is 55.0 Å². The number of amides is 2. The molecule has 2 amide bonds. The van der Waals surface area contributed by atoms with Crippen molar-refractivity contribution in [1.29, 1.82) is 0 Å². The van der Waals surface area contributed by atoms with Crippen molar-refractivity contribution in [2.75, 3.05) is 31.2 Å². The van der Waals surface area contributed by atoms with E-state index in [-0.39, 0.29) is 38.1 Å². The molecule has 2 bridgehead atoms. The van der Waals surface area contributed by atoms with Crippen LogP contribution in [0, 0.1) is 11.8 Å². The molecule has 0 aliphatic carbocycles. The van der Waals surface area contributed by atoms with E-state index >= 15 is 0 Å². The quantitative estimate of drug-likeness (QED) is 0.255. The molecule has 5 atom stereocenters. The number of hydrogen-bond donors (Lipinski definition) is 1. The van der Waals surface area contributed by atoms with E-state index in [9.17, 15) is 19.5 Å². The highest BCUT2D eigenvalue weighted by Gasteiger charge is 2.75. The zero-order chi connectivity index (χ0) is 27.6. The Morgan fingerprint density at radius 2 is 1.95 bits per heavy atom. The molecular weight excluding hydrogens is 496 g/mol. The maximum Gasteiger partial charge on any atom is 0.312 e. The fraction of sp³-hybridized carbons (Fsp3) is 0.452. The number of carbonyl (C=O) groups excluding carboxylic acids is 3. The van der Waals surface area contributed by atoms with Crippen LogP contribution in [0.15, 0.2) is 67.8 Å². The van der Waals surface area contributed by atoms with Gasteiger partial charge in [-0.1, -0.05) is 42.5 Å². The number of fused-ring (bicyclic) bond motifs is 2. The van der Waals surface area contributed by atoms with Gasteiger partial charge < -0.3 is 24.4 Å². The number of rotatable bonds is 12. The number of β-amino-alcohol motifs (C(OH)–C–C–N with tert-alkyl or cyclic N) is 1. The number of unbranched alkanes of at least 4 members (excludes halogenated alkanes) is 2. The van der Waals surface area contributed by atoms with Crippen molar-refractivity contribution in [3.05, 3.63) is 67.8 Å². The van der Waals surface area contributed by atoms with E-state index in [1.54, 1.807) is 11.0 Å². The minimum absolute atomic E-state index is 0.0233. The largest absolute Gasteiger partial charge is 0.465 e. The summed E-state index contributed by atoms with van der Waals surface area (Å²) < 4.78 is 12.0. The topological polar surface area (TPSA) is 96.4 Å². The van der Waals surface area contributed by atoms with Gasteiger partial charge >= 0.3 is 5.97 Å². The van der Waals surface area contributed by atoms with E-state index < -0.39 is 35.6 Å². The number of hydrogen-bond acceptors (Lipinski definition) is 6. The third-order valence-electron chi connectivity index (χ3n) is 8.32. The van der Waals surface area contributed by atoms with Crippen molar-refractivity contribution < 1.29 is 29.0 Å². The molecule has 0 saturated carbocycles. The van der Waals surface area contributed by atoms with Gasteiger partial charge in [0.1, 0.15) is 11.6 Å². The van der Waals surface area contributed by atoms with Gasteiger partial charge in [0.05, 0.1) is 31.2 Å². The lowest BCUT2D eigenvalue weighted by Crippen LogP contribution is -2.56. The van der Waals surface area contributed by atoms with Crippen molar-refractivity contribution >= 4 is 34.2 Å². The zero-order valence-electron chi connectivity index (χ0n) is 22.2. The second-order valence-corrected chi connectivity index (χ2v) is 10.5. The molecule has 1 spiro atoms. The van der Waals surface area contributed by atoms with Gasteiger partial charge in [-0.25, -0.2) is 0 Å². The van der Waals surface area contributed by atoms with Crippen LogP contribution < -0.4 is 4.90 Å². The Kier molecular flexibility index (Phi) is 7.86. The maximum atomic E-state index is 14.4. The summed E-state index contributed by atoms with van der Waals surface area (Å²) in [4.78, 5) is 44.4. The molecule has 3 aliphatic rings. The summed E-state index contributed by atoms with van der Waals surface area (Å²) in [6, 6.07) is 12.7. The van der Waals surface area contributed by atoms with Gasteiger partial charge in [0, 0.05) is 18.8 Å². The van der Waals surface area contributed by atoms with Crippen LogP contribution in [0.4, 0.5) is 5.69 Å². The lowest BCUT2D eigenvalue weighted by molar-refractivity contribution is -0.155. The summed E-state index contributed by atoms with van der Waals surface area (Å²) in [6.07, 6.45) is 6.46. The van der Waals surface area contributed by atoms with Gasteiger partial charge in [-0.2, -0.15) is 0 Å². The summed E-state index contributed by atoms with van der Waals surface area (Å²) >= 11 is 0. The molecule has 3 aliphatic heterocycles. The molecule has 5 rings (SSSR count). The van der Waals surface area contributed by atoms with E-state index in [1.807, 2.05) is 48.5 Å². The van der Waals surface area contributed by atoms with Crippen LogP contribution in [0.3, 0.4) is 0 Å². The predicted molar refractivity (Wildman–Crippen MR) is 148 cm³/mol. The Bertz CT molecular complexity index is 1280. The number of anilines is 1. The first-order chi connectivity index (χ1) is 19.0. The molecule has 3 saturated heterocycles. The summed E-state index contributed by atoms with van der Waals surface area (Å²) in [5.41, 5.74) is -0.463. The van der Waals surface area contributed by atoms with Crippen molar-refractivity contribution in [2.45, 2.75) is 49.9 Å². The highest BCUT2D eigenvalue weighted by molar-refractivity contribution is 6.05. The summed E-state index contributed by atoms with van der Waals surface area (Å²) in [5, 5.41) is 11.9. The smallest absolute Gasteiger partial charge is 0.312 e. The summed E-state index contributed by atoms with van der Waals surface area (Å²) in [7, 11) is 0. The molecule has 39 heavy (non-hydrogen) atoms. The van der Waals surface area contributed by atoms with Crippen molar-refractivity contribution in [3.8, 4) is 0 Å². The first-order valence-corrected chi connectivity index (χ1v) is 13.7. The molecule has 8 nitrogen and oxygen atoms in total. The maximum absolute atomic E-state index is 14.4. The lowest BCUT2D eigenvalue weighted by Gasteiger charge is -2.36. The Morgan fingerprint density at radius 1 is 1.15 bits per heavy atom. The molecular formula is C31H36N2O6. The number of aliphatic hydroxyl groups excluding tert-OH is 1.